The number of likely N-dealkylation sites (tertiary alicyclic amines) is 1. The lowest BCUT2D eigenvalue weighted by Gasteiger charge is -2.33. The molecule has 0 aromatic heterocycles. The maximum absolute atomic E-state index is 14.0. The van der Waals surface area contributed by atoms with E-state index in [1.54, 1.807) is 4.90 Å². The maximum Gasteiger partial charge on any atom is 0.250 e. The van der Waals surface area contributed by atoms with Crippen LogP contribution in [-0.2, 0) is 19.1 Å². The maximum atomic E-state index is 14.0. The van der Waals surface area contributed by atoms with Crippen LogP contribution in [0.2, 0.25) is 0 Å². The molecule has 9 heteroatoms. The van der Waals surface area contributed by atoms with Crippen LogP contribution in [0.4, 0.5) is 11.4 Å². The van der Waals surface area contributed by atoms with E-state index in [4.69, 9.17) is 4.74 Å². The number of fused-ring (bicyclic) bond motifs is 1. The van der Waals surface area contributed by atoms with Gasteiger partial charge in [0.15, 0.2) is 0 Å². The van der Waals surface area contributed by atoms with Crippen LogP contribution in [0.3, 0.4) is 0 Å². The number of rotatable bonds is 13. The number of ether oxygens (including phenoxy) is 1. The number of anilines is 2. The molecule has 3 heterocycles. The number of nitrogens with zero attached hydrogens (tertiary/aromatic N) is 2. The molecule has 3 fully saturated rings. The van der Waals surface area contributed by atoms with Crippen molar-refractivity contribution in [1.29, 1.82) is 0 Å². The molecule has 3 aliphatic heterocycles. The molecule has 1 aromatic carbocycles. The van der Waals surface area contributed by atoms with Crippen LogP contribution in [0.5, 0.6) is 0 Å². The van der Waals surface area contributed by atoms with Gasteiger partial charge in [0.1, 0.15) is 11.6 Å². The molecule has 2 unspecified atom stereocenters. The number of benzene rings is 1. The quantitative estimate of drug-likeness (QED) is 0.340. The van der Waals surface area contributed by atoms with E-state index >= 15 is 0 Å². The van der Waals surface area contributed by atoms with Crippen LogP contribution < -0.4 is 15.5 Å². The van der Waals surface area contributed by atoms with E-state index in [0.717, 1.165) is 31.6 Å². The Kier molecular flexibility index (Phi) is 8.67. The van der Waals surface area contributed by atoms with Gasteiger partial charge in [0, 0.05) is 44.2 Å². The number of carbonyl (C=O) groups excluding carboxylic acids is 3. The average Bonchev–Trinajstić information content (AvgIpc) is 3.47. The summed E-state index contributed by atoms with van der Waals surface area (Å²) in [4.78, 5) is 45.1. The third-order valence-corrected chi connectivity index (χ3v) is 8.68. The third-order valence-electron chi connectivity index (χ3n) is 8.68. The molecular formula is C29H44N4O5. The first-order chi connectivity index (χ1) is 18.3. The third kappa shape index (κ3) is 4.91. The Morgan fingerprint density at radius 3 is 2.42 bits per heavy atom. The standard InChI is InChI=1S/C29H44N4O5/c1-5-17-30-25(35)22-23-27(37)33(18-9-8-10-19-34)24(29(23)16-15-28(22,4)38-29)26(36)31-20-11-13-21(14-12-20)32(6-2)7-3/h11-14,22-24,34H,5-10,15-19H2,1-4H3,(H,30,35)(H,31,36)/t22-,23+,24?,28+,29?/m1/s1. The Hall–Kier alpha value is -2.65. The van der Waals surface area contributed by atoms with E-state index < -0.39 is 29.1 Å². The van der Waals surface area contributed by atoms with Crippen molar-refractivity contribution in [3.63, 3.8) is 0 Å². The second kappa shape index (κ2) is 11.6. The van der Waals surface area contributed by atoms with E-state index in [9.17, 15) is 19.5 Å². The van der Waals surface area contributed by atoms with Gasteiger partial charge >= 0.3 is 0 Å². The van der Waals surface area contributed by atoms with Crippen LogP contribution >= 0.6 is 0 Å². The van der Waals surface area contributed by atoms with Gasteiger partial charge < -0.3 is 30.3 Å². The molecule has 38 heavy (non-hydrogen) atoms. The Balaban J connectivity index is 1.62. The van der Waals surface area contributed by atoms with Crippen LogP contribution in [0.1, 0.15) is 66.2 Å². The molecule has 210 valence electrons. The lowest BCUT2D eigenvalue weighted by Crippen LogP contribution is -2.53. The predicted octanol–water partition coefficient (Wildman–Crippen LogP) is 2.92. The molecule has 3 saturated heterocycles. The zero-order chi connectivity index (χ0) is 27.5. The highest BCUT2D eigenvalue weighted by Crippen LogP contribution is 2.63. The zero-order valence-electron chi connectivity index (χ0n) is 23.3. The minimum absolute atomic E-state index is 0.0923. The van der Waals surface area contributed by atoms with Crippen molar-refractivity contribution in [1.82, 2.24) is 10.2 Å². The number of nitrogens with one attached hydrogen (secondary N) is 2. The lowest BCUT2D eigenvalue weighted by molar-refractivity contribution is -0.144. The van der Waals surface area contributed by atoms with Gasteiger partial charge in [-0.1, -0.05) is 6.92 Å². The van der Waals surface area contributed by atoms with Crippen LogP contribution in [0.25, 0.3) is 0 Å². The minimum atomic E-state index is -1.03. The van der Waals surface area contributed by atoms with Gasteiger partial charge in [-0.2, -0.15) is 0 Å². The molecule has 5 atom stereocenters. The first-order valence-electron chi connectivity index (χ1n) is 14.3. The summed E-state index contributed by atoms with van der Waals surface area (Å²) in [5.74, 6) is -1.93. The summed E-state index contributed by atoms with van der Waals surface area (Å²) >= 11 is 0. The molecule has 0 saturated carbocycles. The monoisotopic (exact) mass is 528 g/mol. The van der Waals surface area contributed by atoms with Gasteiger partial charge in [0.25, 0.3) is 0 Å². The summed E-state index contributed by atoms with van der Waals surface area (Å²) < 4.78 is 6.63. The number of hydrogen-bond acceptors (Lipinski definition) is 6. The normalized spacial score (nSPS) is 29.4. The van der Waals surface area contributed by atoms with Crippen molar-refractivity contribution < 1.29 is 24.2 Å². The SMILES string of the molecule is CCCNC(=O)[C@H]1[C@H]2C(=O)N(CCCCCO)C(C(=O)Nc3ccc(N(CC)CC)cc3)C23CC[C@]1(C)O3. The molecule has 3 N–H and O–H groups in total. The molecule has 3 aliphatic rings. The highest BCUT2D eigenvalue weighted by Gasteiger charge is 2.77. The van der Waals surface area contributed by atoms with Gasteiger partial charge in [-0.15, -0.1) is 0 Å². The second-order valence-corrected chi connectivity index (χ2v) is 11.0. The average molecular weight is 529 g/mol. The Bertz CT molecular complexity index is 1010. The molecule has 0 radical (unpaired) electrons. The summed E-state index contributed by atoms with van der Waals surface area (Å²) in [6.45, 7) is 10.9. The van der Waals surface area contributed by atoms with Gasteiger partial charge in [-0.05, 0) is 83.6 Å². The number of carbonyl (C=O) groups is 3. The number of aliphatic hydroxyl groups is 1. The van der Waals surface area contributed by atoms with Crippen molar-refractivity contribution in [2.45, 2.75) is 83.5 Å². The number of unbranched alkanes of at least 4 members (excludes halogenated alkanes) is 2. The second-order valence-electron chi connectivity index (χ2n) is 11.0. The van der Waals surface area contributed by atoms with E-state index in [-0.39, 0.29) is 24.3 Å². The van der Waals surface area contributed by atoms with Crippen molar-refractivity contribution in [2.24, 2.45) is 11.8 Å². The van der Waals surface area contributed by atoms with Crippen molar-refractivity contribution in [3.8, 4) is 0 Å². The summed E-state index contributed by atoms with van der Waals surface area (Å²) in [7, 11) is 0. The van der Waals surface area contributed by atoms with Gasteiger partial charge in [-0.25, -0.2) is 0 Å². The van der Waals surface area contributed by atoms with Crippen LogP contribution in [0.15, 0.2) is 24.3 Å². The summed E-state index contributed by atoms with van der Waals surface area (Å²) in [5.41, 5.74) is -0.0536. The van der Waals surface area contributed by atoms with Crippen molar-refractivity contribution >= 4 is 29.1 Å². The van der Waals surface area contributed by atoms with Crippen LogP contribution in [0, 0.1) is 11.8 Å². The Morgan fingerprint density at radius 1 is 1.08 bits per heavy atom. The topological polar surface area (TPSA) is 111 Å². The van der Waals surface area contributed by atoms with Gasteiger partial charge in [0.2, 0.25) is 17.7 Å². The molecule has 0 aliphatic carbocycles. The number of hydrogen-bond donors (Lipinski definition) is 3. The highest BCUT2D eigenvalue weighted by molar-refractivity contribution is 6.03. The molecular weight excluding hydrogens is 484 g/mol. The van der Waals surface area contributed by atoms with E-state index in [1.807, 2.05) is 38.1 Å². The van der Waals surface area contributed by atoms with E-state index in [0.29, 0.717) is 44.5 Å². The molecule has 1 aromatic rings. The van der Waals surface area contributed by atoms with Crippen molar-refractivity contribution in [3.05, 3.63) is 24.3 Å². The number of aliphatic hydroxyl groups excluding tert-OH is 1. The lowest BCUT2D eigenvalue weighted by atomic mass is 9.66. The molecule has 2 bridgehead atoms. The molecule has 9 nitrogen and oxygen atoms in total. The van der Waals surface area contributed by atoms with Crippen LogP contribution in [-0.4, -0.2) is 77.8 Å². The first-order valence-corrected chi connectivity index (χ1v) is 14.3. The first kappa shape index (κ1) is 28.4. The molecule has 3 amide bonds. The molecule has 4 rings (SSSR count). The summed E-state index contributed by atoms with van der Waals surface area (Å²) in [6, 6.07) is 6.94. The summed E-state index contributed by atoms with van der Waals surface area (Å²) in [5, 5.41) is 15.2. The fourth-order valence-corrected chi connectivity index (χ4v) is 6.85. The predicted molar refractivity (Wildman–Crippen MR) is 147 cm³/mol. The largest absolute Gasteiger partial charge is 0.396 e. The van der Waals surface area contributed by atoms with Crippen molar-refractivity contribution in [2.75, 3.05) is 43.0 Å². The van der Waals surface area contributed by atoms with E-state index in [2.05, 4.69) is 29.4 Å². The zero-order valence-corrected chi connectivity index (χ0v) is 23.3. The fourth-order valence-electron chi connectivity index (χ4n) is 6.85. The van der Waals surface area contributed by atoms with Gasteiger partial charge in [0.05, 0.1) is 17.4 Å². The smallest absolute Gasteiger partial charge is 0.250 e. The van der Waals surface area contributed by atoms with Gasteiger partial charge in [-0.3, -0.25) is 14.4 Å². The highest BCUT2D eigenvalue weighted by atomic mass is 16.5. The molecule has 1 spiro atoms. The minimum Gasteiger partial charge on any atom is -0.396 e. The fraction of sp³-hybridized carbons (Fsp3) is 0.690. The Morgan fingerprint density at radius 2 is 1.79 bits per heavy atom. The van der Waals surface area contributed by atoms with E-state index in [1.165, 1.54) is 0 Å². The Labute approximate surface area is 226 Å². The summed E-state index contributed by atoms with van der Waals surface area (Å²) in [6.07, 6.45) is 4.04. The number of amides is 3.